The van der Waals surface area contributed by atoms with Gasteiger partial charge in [0.1, 0.15) is 5.02 Å². The predicted molar refractivity (Wildman–Crippen MR) is 58.1 cm³/mol. The second kappa shape index (κ2) is 5.11. The van der Waals surface area contributed by atoms with Gasteiger partial charge in [-0.1, -0.05) is 11.6 Å². The number of benzene rings is 1. The fraction of sp³-hybridized carbons (Fsp3) is 0. The minimum atomic E-state index is -0.349. The molecule has 0 saturated heterocycles. The van der Waals surface area contributed by atoms with Gasteiger partial charge < -0.3 is 21.7 Å². The summed E-state index contributed by atoms with van der Waals surface area (Å²) in [7, 11) is 0. The van der Waals surface area contributed by atoms with Crippen molar-refractivity contribution in [1.82, 2.24) is 0 Å². The molecule has 0 aliphatic carbocycles. The maximum Gasteiger partial charge on any atom is 0.161 e. The topological polar surface area (TPSA) is 92.5 Å². The first kappa shape index (κ1) is 14.8. The van der Waals surface area contributed by atoms with Crippen LogP contribution < -0.4 is 11.5 Å². The van der Waals surface area contributed by atoms with Crippen molar-refractivity contribution < 1.29 is 10.2 Å². The fourth-order valence-electron chi connectivity index (χ4n) is 0.670. The molecular weight excluding hydrogens is 238 g/mol. The number of phenolic OH excluding ortho intramolecular Hbond substituents is 2. The third-order valence-corrected chi connectivity index (χ3v) is 1.63. The van der Waals surface area contributed by atoms with Crippen LogP contribution in [0, 0.1) is 0 Å². The highest BCUT2D eigenvalue weighted by Crippen LogP contribution is 2.41. The molecule has 7 heteroatoms. The number of nitrogen functional groups attached to an aromatic ring is 2. The molecular formula is C6H9Cl3N2O2. The second-order valence-corrected chi connectivity index (χ2v) is 2.44. The molecule has 1 aromatic rings. The summed E-state index contributed by atoms with van der Waals surface area (Å²) in [6, 6.07) is 1.23. The van der Waals surface area contributed by atoms with Crippen LogP contribution in [-0.4, -0.2) is 10.2 Å². The monoisotopic (exact) mass is 246 g/mol. The average Bonchev–Trinajstić information content (AvgIpc) is 1.97. The summed E-state index contributed by atoms with van der Waals surface area (Å²) in [5, 5.41) is 17.9. The predicted octanol–water partition coefficient (Wildman–Crippen LogP) is 1.76. The number of hydrogen-bond donors (Lipinski definition) is 4. The van der Waals surface area contributed by atoms with E-state index in [1.165, 1.54) is 6.07 Å². The number of nitrogens with two attached hydrogens (primary N) is 2. The summed E-state index contributed by atoms with van der Waals surface area (Å²) >= 11 is 5.43. The normalized spacial score (nSPS) is 8.38. The molecule has 0 atom stereocenters. The largest absolute Gasteiger partial charge is 0.504 e. The van der Waals surface area contributed by atoms with Crippen molar-refractivity contribution in [3.8, 4) is 11.5 Å². The van der Waals surface area contributed by atoms with Crippen molar-refractivity contribution in [2.75, 3.05) is 11.5 Å². The van der Waals surface area contributed by atoms with Gasteiger partial charge in [-0.15, -0.1) is 24.8 Å². The van der Waals surface area contributed by atoms with Gasteiger partial charge in [0.25, 0.3) is 0 Å². The minimum absolute atomic E-state index is 0. The lowest BCUT2D eigenvalue weighted by Gasteiger charge is -2.05. The van der Waals surface area contributed by atoms with Gasteiger partial charge in [0.15, 0.2) is 11.5 Å². The van der Waals surface area contributed by atoms with Crippen LogP contribution in [0.1, 0.15) is 0 Å². The molecule has 0 amide bonds. The number of rotatable bonds is 0. The third-order valence-electron chi connectivity index (χ3n) is 1.27. The summed E-state index contributed by atoms with van der Waals surface area (Å²) in [4.78, 5) is 0. The van der Waals surface area contributed by atoms with Gasteiger partial charge >= 0.3 is 0 Å². The van der Waals surface area contributed by atoms with Gasteiger partial charge in [-0.05, 0) is 6.07 Å². The molecule has 0 saturated carbocycles. The zero-order valence-electron chi connectivity index (χ0n) is 6.32. The van der Waals surface area contributed by atoms with E-state index >= 15 is 0 Å². The van der Waals surface area contributed by atoms with Crippen LogP contribution in [0.4, 0.5) is 11.4 Å². The van der Waals surface area contributed by atoms with Crippen molar-refractivity contribution >= 4 is 47.8 Å². The smallest absolute Gasteiger partial charge is 0.161 e. The molecule has 6 N–H and O–H groups in total. The fourth-order valence-corrected chi connectivity index (χ4v) is 0.888. The Labute approximate surface area is 92.3 Å². The molecule has 76 valence electrons. The zero-order chi connectivity index (χ0) is 8.59. The molecule has 13 heavy (non-hydrogen) atoms. The van der Waals surface area contributed by atoms with Crippen LogP contribution in [0.3, 0.4) is 0 Å². The zero-order valence-corrected chi connectivity index (χ0v) is 8.71. The first-order chi connectivity index (χ1) is 5.04. The van der Waals surface area contributed by atoms with Crippen LogP contribution in [0.25, 0.3) is 0 Å². The first-order valence-corrected chi connectivity index (χ1v) is 3.17. The van der Waals surface area contributed by atoms with E-state index in [9.17, 15) is 0 Å². The molecule has 0 aliphatic rings. The lowest BCUT2D eigenvalue weighted by Crippen LogP contribution is -1.91. The van der Waals surface area contributed by atoms with E-state index in [0.717, 1.165) is 0 Å². The summed E-state index contributed by atoms with van der Waals surface area (Å²) in [5.74, 6) is -0.697. The molecule has 1 rings (SSSR count). The Bertz CT molecular complexity index is 280. The highest BCUT2D eigenvalue weighted by Gasteiger charge is 2.11. The Balaban J connectivity index is 0. The summed E-state index contributed by atoms with van der Waals surface area (Å²) < 4.78 is 0. The van der Waals surface area contributed by atoms with E-state index in [1.807, 2.05) is 0 Å². The number of phenols is 2. The molecule has 4 nitrogen and oxygen atoms in total. The van der Waals surface area contributed by atoms with Crippen LogP contribution in [0.2, 0.25) is 5.02 Å². The summed E-state index contributed by atoms with van der Waals surface area (Å²) in [6.07, 6.45) is 0. The van der Waals surface area contributed by atoms with Crippen LogP contribution in [-0.2, 0) is 0 Å². The molecule has 0 heterocycles. The Kier molecular flexibility index (Phi) is 5.82. The van der Waals surface area contributed by atoms with Crippen LogP contribution in [0.5, 0.6) is 11.5 Å². The number of aromatic hydroxyl groups is 2. The van der Waals surface area contributed by atoms with E-state index in [2.05, 4.69) is 0 Å². The van der Waals surface area contributed by atoms with Crippen LogP contribution in [0.15, 0.2) is 6.07 Å². The van der Waals surface area contributed by atoms with Crippen molar-refractivity contribution in [2.24, 2.45) is 0 Å². The van der Waals surface area contributed by atoms with Crippen molar-refractivity contribution in [1.29, 1.82) is 0 Å². The van der Waals surface area contributed by atoms with Gasteiger partial charge in [0.05, 0.1) is 11.4 Å². The molecule has 0 unspecified atom stereocenters. The van der Waals surface area contributed by atoms with E-state index in [1.54, 1.807) is 0 Å². The lowest BCUT2D eigenvalue weighted by molar-refractivity contribution is 0.454. The van der Waals surface area contributed by atoms with Gasteiger partial charge in [-0.3, -0.25) is 0 Å². The lowest BCUT2D eigenvalue weighted by atomic mass is 10.2. The van der Waals surface area contributed by atoms with Gasteiger partial charge in [-0.25, -0.2) is 0 Å². The molecule has 1 aromatic carbocycles. The van der Waals surface area contributed by atoms with Gasteiger partial charge in [0.2, 0.25) is 0 Å². The maximum absolute atomic E-state index is 9.04. The molecule has 0 radical (unpaired) electrons. The Morgan fingerprint density at radius 1 is 1.00 bits per heavy atom. The highest BCUT2D eigenvalue weighted by molar-refractivity contribution is 6.34. The first-order valence-electron chi connectivity index (χ1n) is 2.79. The van der Waals surface area contributed by atoms with Gasteiger partial charge in [0, 0.05) is 0 Å². The van der Waals surface area contributed by atoms with E-state index < -0.39 is 0 Å². The quantitative estimate of drug-likeness (QED) is 0.319. The van der Waals surface area contributed by atoms with E-state index in [0.29, 0.717) is 0 Å². The molecule has 0 bridgehead atoms. The molecule has 0 aromatic heterocycles. The average molecular weight is 248 g/mol. The minimum Gasteiger partial charge on any atom is -0.504 e. The number of halogens is 3. The summed E-state index contributed by atoms with van der Waals surface area (Å²) in [6.45, 7) is 0. The summed E-state index contributed by atoms with van der Waals surface area (Å²) in [5.41, 5.74) is 10.6. The Hall–Kier alpha value is -0.710. The molecule has 0 spiro atoms. The Morgan fingerprint density at radius 2 is 1.31 bits per heavy atom. The molecule has 0 fully saturated rings. The van der Waals surface area contributed by atoms with Gasteiger partial charge in [-0.2, -0.15) is 0 Å². The van der Waals surface area contributed by atoms with Crippen molar-refractivity contribution in [3.05, 3.63) is 11.1 Å². The standard InChI is InChI=1S/C6H7ClN2O2.2ClH/c7-4-5(10)2(8)1-3(9)6(4)11;;/h1,10-11H,8-9H2;2*1H. The van der Waals surface area contributed by atoms with E-state index in [-0.39, 0.29) is 52.7 Å². The number of hydrogen-bond acceptors (Lipinski definition) is 4. The second-order valence-electron chi connectivity index (χ2n) is 2.07. The van der Waals surface area contributed by atoms with E-state index in [4.69, 9.17) is 33.3 Å². The molecule has 0 aliphatic heterocycles. The maximum atomic E-state index is 9.04. The Morgan fingerprint density at radius 3 is 1.62 bits per heavy atom. The van der Waals surface area contributed by atoms with Crippen molar-refractivity contribution in [2.45, 2.75) is 0 Å². The van der Waals surface area contributed by atoms with Crippen molar-refractivity contribution in [3.63, 3.8) is 0 Å². The highest BCUT2D eigenvalue weighted by atomic mass is 35.5. The van der Waals surface area contributed by atoms with Crippen LogP contribution >= 0.6 is 36.4 Å². The number of anilines is 2. The SMILES string of the molecule is Cl.Cl.Nc1cc(N)c(O)c(Cl)c1O. The third kappa shape index (κ3) is 2.62.